The van der Waals surface area contributed by atoms with E-state index < -0.39 is 0 Å². The Hall–Kier alpha value is -1.60. The second-order valence-electron chi connectivity index (χ2n) is 11.4. The molecular formula is C28H40O. The van der Waals surface area contributed by atoms with Gasteiger partial charge in [0.15, 0.2) is 0 Å². The highest BCUT2D eigenvalue weighted by molar-refractivity contribution is 5.73. The highest BCUT2D eigenvalue weighted by Crippen LogP contribution is 2.45. The third kappa shape index (κ3) is 4.31. The van der Waals surface area contributed by atoms with Crippen molar-refractivity contribution in [1.29, 1.82) is 0 Å². The minimum Gasteiger partial charge on any atom is -0.376 e. The van der Waals surface area contributed by atoms with Gasteiger partial charge in [0.1, 0.15) is 0 Å². The molecule has 2 aromatic carbocycles. The van der Waals surface area contributed by atoms with Crippen molar-refractivity contribution >= 4 is 0 Å². The van der Waals surface area contributed by atoms with Crippen LogP contribution in [0.3, 0.4) is 0 Å². The van der Waals surface area contributed by atoms with Gasteiger partial charge in [-0.15, -0.1) is 0 Å². The van der Waals surface area contributed by atoms with Crippen molar-refractivity contribution in [3.05, 3.63) is 58.1 Å². The molecule has 1 heteroatoms. The van der Waals surface area contributed by atoms with Gasteiger partial charge in [-0.05, 0) is 68.0 Å². The number of benzene rings is 2. The molecule has 0 spiro atoms. The van der Waals surface area contributed by atoms with Gasteiger partial charge in [0.2, 0.25) is 0 Å². The van der Waals surface area contributed by atoms with Gasteiger partial charge < -0.3 is 4.74 Å². The Morgan fingerprint density at radius 1 is 0.862 bits per heavy atom. The van der Waals surface area contributed by atoms with Gasteiger partial charge in [-0.2, -0.15) is 0 Å². The maximum absolute atomic E-state index is 5.93. The lowest BCUT2D eigenvalue weighted by Crippen LogP contribution is -2.16. The summed E-state index contributed by atoms with van der Waals surface area (Å²) < 4.78 is 5.93. The third-order valence-electron chi connectivity index (χ3n) is 6.55. The van der Waals surface area contributed by atoms with Crippen LogP contribution in [0, 0.1) is 5.92 Å². The molecule has 0 aliphatic heterocycles. The van der Waals surface area contributed by atoms with Crippen molar-refractivity contribution in [1.82, 2.24) is 0 Å². The van der Waals surface area contributed by atoms with E-state index in [4.69, 9.17) is 4.74 Å². The number of fused-ring (bicyclic) bond motifs is 1. The average Bonchev–Trinajstić information content (AvgIpc) is 2.93. The summed E-state index contributed by atoms with van der Waals surface area (Å²) in [6.45, 7) is 20.8. The number of rotatable bonds is 3. The van der Waals surface area contributed by atoms with E-state index in [0.29, 0.717) is 11.8 Å². The van der Waals surface area contributed by atoms with Crippen LogP contribution in [-0.2, 0) is 22.0 Å². The average molecular weight is 393 g/mol. The number of methoxy groups -OCH3 is 1. The van der Waals surface area contributed by atoms with E-state index in [0.717, 1.165) is 6.42 Å². The Morgan fingerprint density at radius 3 is 1.86 bits per heavy atom. The fourth-order valence-corrected chi connectivity index (χ4v) is 4.53. The van der Waals surface area contributed by atoms with Gasteiger partial charge in [0.05, 0.1) is 6.10 Å². The zero-order valence-corrected chi connectivity index (χ0v) is 20.2. The molecule has 0 N–H and O–H groups in total. The van der Waals surface area contributed by atoms with Crippen LogP contribution >= 0.6 is 0 Å². The fraction of sp³-hybridized carbons (Fsp3) is 0.571. The van der Waals surface area contributed by atoms with Gasteiger partial charge in [0.25, 0.3) is 0 Å². The molecule has 1 aliphatic rings. The fourth-order valence-electron chi connectivity index (χ4n) is 4.53. The summed E-state index contributed by atoms with van der Waals surface area (Å²) in [7, 11) is 1.86. The second kappa shape index (κ2) is 7.58. The summed E-state index contributed by atoms with van der Waals surface area (Å²) >= 11 is 0. The number of ether oxygens (including phenoxy) is 1. The summed E-state index contributed by atoms with van der Waals surface area (Å²) in [6, 6.07) is 12.1. The van der Waals surface area contributed by atoms with Crippen molar-refractivity contribution in [3.63, 3.8) is 0 Å². The molecule has 2 atom stereocenters. The van der Waals surface area contributed by atoms with Crippen LogP contribution in [0.25, 0.3) is 11.1 Å². The van der Waals surface area contributed by atoms with Gasteiger partial charge in [0, 0.05) is 7.11 Å². The lowest BCUT2D eigenvalue weighted by Gasteiger charge is -2.27. The Morgan fingerprint density at radius 2 is 1.41 bits per heavy atom. The van der Waals surface area contributed by atoms with E-state index in [9.17, 15) is 0 Å². The van der Waals surface area contributed by atoms with Gasteiger partial charge in [-0.3, -0.25) is 0 Å². The van der Waals surface area contributed by atoms with Gasteiger partial charge in [-0.1, -0.05) is 92.6 Å². The predicted molar refractivity (Wildman–Crippen MR) is 126 cm³/mol. The highest BCUT2D eigenvalue weighted by atomic mass is 16.5. The van der Waals surface area contributed by atoms with E-state index in [-0.39, 0.29) is 16.9 Å². The zero-order valence-electron chi connectivity index (χ0n) is 20.2. The summed E-state index contributed by atoms with van der Waals surface area (Å²) in [5.41, 5.74) is 10.1. The van der Waals surface area contributed by atoms with Gasteiger partial charge in [-0.25, -0.2) is 0 Å². The molecule has 0 radical (unpaired) electrons. The smallest absolute Gasteiger partial charge is 0.0852 e. The van der Waals surface area contributed by atoms with E-state index >= 15 is 0 Å². The van der Waals surface area contributed by atoms with E-state index in [2.05, 4.69) is 92.6 Å². The molecule has 0 saturated carbocycles. The highest BCUT2D eigenvalue weighted by Gasteiger charge is 2.33. The maximum atomic E-state index is 5.93. The van der Waals surface area contributed by atoms with Crippen molar-refractivity contribution in [2.24, 2.45) is 5.92 Å². The number of hydrogen-bond donors (Lipinski definition) is 0. The van der Waals surface area contributed by atoms with Crippen LogP contribution in [0.1, 0.15) is 102 Å². The van der Waals surface area contributed by atoms with E-state index in [1.165, 1.54) is 38.9 Å². The molecule has 2 unspecified atom stereocenters. The second-order valence-corrected chi connectivity index (χ2v) is 11.4. The van der Waals surface area contributed by atoms with Crippen LogP contribution in [0.4, 0.5) is 0 Å². The molecule has 1 aliphatic carbocycles. The summed E-state index contributed by atoms with van der Waals surface area (Å²) in [6.07, 6.45) is 1.29. The van der Waals surface area contributed by atoms with Gasteiger partial charge >= 0.3 is 0 Å². The maximum Gasteiger partial charge on any atom is 0.0852 e. The number of hydrogen-bond acceptors (Lipinski definition) is 1. The molecular weight excluding hydrogens is 352 g/mol. The molecule has 3 rings (SSSR count). The monoisotopic (exact) mass is 392 g/mol. The minimum atomic E-state index is 0.122. The molecule has 0 bridgehead atoms. The summed E-state index contributed by atoms with van der Waals surface area (Å²) in [4.78, 5) is 0. The third-order valence-corrected chi connectivity index (χ3v) is 6.55. The van der Waals surface area contributed by atoms with Crippen molar-refractivity contribution in [2.45, 2.75) is 91.6 Å². The first-order valence-corrected chi connectivity index (χ1v) is 11.2. The first-order chi connectivity index (χ1) is 13.3. The van der Waals surface area contributed by atoms with Crippen molar-refractivity contribution in [2.75, 3.05) is 7.11 Å². The quantitative estimate of drug-likeness (QED) is 0.515. The van der Waals surface area contributed by atoms with Crippen LogP contribution in [0.2, 0.25) is 0 Å². The molecule has 0 aromatic heterocycles. The topological polar surface area (TPSA) is 9.23 Å². The molecule has 29 heavy (non-hydrogen) atoms. The first-order valence-electron chi connectivity index (χ1n) is 11.2. The van der Waals surface area contributed by atoms with Crippen LogP contribution in [0.5, 0.6) is 0 Å². The lowest BCUT2D eigenvalue weighted by molar-refractivity contribution is 0.0694. The Bertz CT molecular complexity index is 858. The molecule has 158 valence electrons. The van der Waals surface area contributed by atoms with Crippen LogP contribution in [-0.4, -0.2) is 7.11 Å². The SMILES string of the molecule is COC1c2cc(C(C)C)cc(-c3cc(C(C)(C)C)cc(C(C)(C)C)c3)c2CC1C. The summed E-state index contributed by atoms with van der Waals surface area (Å²) in [5.74, 6) is 1.02. The molecule has 0 amide bonds. The standard InChI is InChI=1S/C28H40O/c1-17(2)19-14-23(24-11-18(3)26(29-10)25(24)15-19)20-12-21(27(4,5)6)16-22(13-20)28(7,8)9/h12-18,26H,11H2,1-10H3. The molecule has 0 heterocycles. The first kappa shape index (κ1) is 22.1. The Labute approximate surface area is 178 Å². The van der Waals surface area contributed by atoms with Crippen LogP contribution in [0.15, 0.2) is 30.3 Å². The van der Waals surface area contributed by atoms with Crippen molar-refractivity contribution < 1.29 is 4.74 Å². The Kier molecular flexibility index (Phi) is 5.78. The van der Waals surface area contributed by atoms with Crippen molar-refractivity contribution in [3.8, 4) is 11.1 Å². The van der Waals surface area contributed by atoms with E-state index in [1.54, 1.807) is 0 Å². The van der Waals surface area contributed by atoms with Crippen LogP contribution < -0.4 is 0 Å². The minimum absolute atomic E-state index is 0.122. The van der Waals surface area contributed by atoms with E-state index in [1.807, 2.05) is 7.11 Å². The molecule has 0 saturated heterocycles. The summed E-state index contributed by atoms with van der Waals surface area (Å²) in [5, 5.41) is 0. The lowest BCUT2D eigenvalue weighted by atomic mass is 9.78. The Balaban J connectivity index is 2.31. The molecule has 2 aromatic rings. The molecule has 0 fully saturated rings. The largest absolute Gasteiger partial charge is 0.376 e. The molecule has 1 nitrogen and oxygen atoms in total. The predicted octanol–water partition coefficient (Wildman–Crippen LogP) is 7.95. The normalized spacial score (nSPS) is 19.7. The zero-order chi connectivity index (χ0) is 21.7.